The normalized spacial score (nSPS) is 23.4. The van der Waals surface area contributed by atoms with E-state index in [1.54, 1.807) is 12.1 Å². The van der Waals surface area contributed by atoms with Gasteiger partial charge in [-0.1, -0.05) is 12.2 Å². The molecule has 2 amide bonds. The maximum Gasteiger partial charge on any atom is 0.416 e. The van der Waals surface area contributed by atoms with Crippen LogP contribution >= 0.6 is 0 Å². The average molecular weight is 477 g/mol. The molecule has 35 heavy (non-hydrogen) atoms. The van der Waals surface area contributed by atoms with Gasteiger partial charge < -0.3 is 19.6 Å². The van der Waals surface area contributed by atoms with Crippen molar-refractivity contribution in [2.75, 3.05) is 37.7 Å². The van der Waals surface area contributed by atoms with Crippen LogP contribution in [0.15, 0.2) is 65.2 Å². The minimum atomic E-state index is -0.525. The Balaban J connectivity index is 1.22. The lowest BCUT2D eigenvalue weighted by Crippen LogP contribution is -2.48. The van der Waals surface area contributed by atoms with Gasteiger partial charge in [0.05, 0.1) is 17.9 Å². The van der Waals surface area contributed by atoms with Gasteiger partial charge in [-0.05, 0) is 74.0 Å². The lowest BCUT2D eigenvalue weighted by molar-refractivity contribution is 0.0670. The van der Waals surface area contributed by atoms with E-state index in [-0.39, 0.29) is 12.5 Å². The van der Waals surface area contributed by atoms with E-state index in [1.807, 2.05) is 4.90 Å². The van der Waals surface area contributed by atoms with Crippen molar-refractivity contribution >= 4 is 17.8 Å². The molecule has 8 heteroatoms. The van der Waals surface area contributed by atoms with Gasteiger partial charge in [0.1, 0.15) is 12.4 Å². The van der Waals surface area contributed by atoms with E-state index in [2.05, 4.69) is 35.9 Å². The van der Waals surface area contributed by atoms with Crippen LogP contribution in [0, 0.1) is 5.92 Å². The Morgan fingerprint density at radius 1 is 1.17 bits per heavy atom. The molecule has 3 heterocycles. The summed E-state index contributed by atoms with van der Waals surface area (Å²) in [6.07, 6.45) is 11.7. The minimum Gasteiger partial charge on any atom is -0.516 e. The lowest BCUT2D eigenvalue weighted by atomic mass is 10.0. The maximum absolute atomic E-state index is 13.1. The van der Waals surface area contributed by atoms with Crippen molar-refractivity contribution in [1.82, 2.24) is 14.8 Å². The molecule has 3 fully saturated rings. The number of carbonyl (C=O) groups is 2. The monoisotopic (exact) mass is 476 g/mol. The number of anilines is 1. The number of cyclic esters (lactones) is 1. The lowest BCUT2D eigenvalue weighted by Gasteiger charge is -2.38. The van der Waals surface area contributed by atoms with Crippen LogP contribution in [0.25, 0.3) is 0 Å². The number of piperazine rings is 1. The van der Waals surface area contributed by atoms with E-state index < -0.39 is 12.1 Å². The van der Waals surface area contributed by atoms with E-state index in [4.69, 9.17) is 9.84 Å². The van der Waals surface area contributed by atoms with E-state index in [9.17, 15) is 9.59 Å². The quantitative estimate of drug-likeness (QED) is 0.641. The summed E-state index contributed by atoms with van der Waals surface area (Å²) in [6, 6.07) is 2.91. The molecule has 0 radical (unpaired) electrons. The first-order valence-corrected chi connectivity index (χ1v) is 12.3. The van der Waals surface area contributed by atoms with Crippen LogP contribution in [-0.2, 0) is 4.74 Å². The van der Waals surface area contributed by atoms with E-state index >= 15 is 0 Å². The zero-order chi connectivity index (χ0) is 24.5. The number of aliphatic hydroxyl groups is 1. The Labute approximate surface area is 205 Å². The SMILES string of the molecule is CC1=CC(C2CC2)=CCC(C)=C1N1CCN(C(=O)c2ccc(N3C(=O)OCC3/C=C/O)nc2)CC1. The number of carbonyl (C=O) groups excluding carboxylic acids is 2. The van der Waals surface area contributed by atoms with Crippen molar-refractivity contribution in [2.45, 2.75) is 39.2 Å². The van der Waals surface area contributed by atoms with Crippen molar-refractivity contribution < 1.29 is 19.4 Å². The Kier molecular flexibility index (Phi) is 6.36. The molecule has 1 unspecified atom stereocenters. The molecule has 2 aliphatic heterocycles. The van der Waals surface area contributed by atoms with Gasteiger partial charge in [-0.15, -0.1) is 0 Å². The third-order valence-electron chi connectivity index (χ3n) is 7.19. The highest BCUT2D eigenvalue weighted by Gasteiger charge is 2.34. The number of nitrogens with zero attached hydrogens (tertiary/aromatic N) is 4. The number of ether oxygens (including phenoxy) is 1. The van der Waals surface area contributed by atoms with Crippen LogP contribution in [0.5, 0.6) is 0 Å². The van der Waals surface area contributed by atoms with Crippen LogP contribution in [-0.4, -0.2) is 70.7 Å². The summed E-state index contributed by atoms with van der Waals surface area (Å²) in [5, 5.41) is 9.06. The summed E-state index contributed by atoms with van der Waals surface area (Å²) in [5.74, 6) is 1.07. The molecule has 4 aliphatic rings. The summed E-state index contributed by atoms with van der Waals surface area (Å²) in [5.41, 5.74) is 6.03. The molecule has 8 nitrogen and oxygen atoms in total. The summed E-state index contributed by atoms with van der Waals surface area (Å²) in [4.78, 5) is 35.2. The molecule has 0 bridgehead atoms. The van der Waals surface area contributed by atoms with Gasteiger partial charge in [0.2, 0.25) is 0 Å². The molecule has 2 saturated heterocycles. The predicted octanol–water partition coefficient (Wildman–Crippen LogP) is 4.20. The Morgan fingerprint density at radius 2 is 1.94 bits per heavy atom. The maximum atomic E-state index is 13.1. The Morgan fingerprint density at radius 3 is 2.60 bits per heavy atom. The number of aromatic nitrogens is 1. The largest absolute Gasteiger partial charge is 0.516 e. The van der Waals surface area contributed by atoms with Gasteiger partial charge >= 0.3 is 6.09 Å². The molecule has 0 aromatic carbocycles. The first-order valence-electron chi connectivity index (χ1n) is 12.3. The van der Waals surface area contributed by atoms with Gasteiger partial charge in [0.15, 0.2) is 0 Å². The van der Waals surface area contributed by atoms with Crippen LogP contribution in [0.3, 0.4) is 0 Å². The number of amides is 2. The summed E-state index contributed by atoms with van der Waals surface area (Å²) in [6.45, 7) is 7.46. The molecule has 1 atom stereocenters. The summed E-state index contributed by atoms with van der Waals surface area (Å²) < 4.78 is 5.06. The van der Waals surface area contributed by atoms with Gasteiger partial charge in [-0.25, -0.2) is 9.78 Å². The number of aliphatic hydroxyl groups excluding tert-OH is 1. The van der Waals surface area contributed by atoms with Crippen LogP contribution in [0.4, 0.5) is 10.6 Å². The molecular formula is C27H32N4O4. The van der Waals surface area contributed by atoms with Gasteiger partial charge in [0.25, 0.3) is 5.91 Å². The van der Waals surface area contributed by atoms with Gasteiger partial charge in [-0.2, -0.15) is 0 Å². The number of hydrogen-bond acceptors (Lipinski definition) is 6. The number of hydrogen-bond donors (Lipinski definition) is 1. The summed E-state index contributed by atoms with van der Waals surface area (Å²) >= 11 is 0. The molecule has 0 spiro atoms. The first kappa shape index (κ1) is 23.2. The standard InChI is InChI=1S/C27H32N4O4/c1-18-3-4-21(20-5-6-20)15-19(2)25(18)29-10-12-30(13-11-29)26(33)22-7-8-24(28-16-22)31-23(9-14-32)17-35-27(31)34/h4,7-9,14-16,20,23,32H,3,5-6,10-13,17H2,1-2H3/b14-9+. The number of allylic oxidation sites excluding steroid dienone is 5. The zero-order valence-corrected chi connectivity index (χ0v) is 20.3. The third-order valence-corrected chi connectivity index (χ3v) is 7.19. The van der Waals surface area contributed by atoms with Crippen LogP contribution < -0.4 is 4.90 Å². The zero-order valence-electron chi connectivity index (χ0n) is 20.3. The van der Waals surface area contributed by atoms with Crippen molar-refractivity contribution in [1.29, 1.82) is 0 Å². The molecular weight excluding hydrogens is 444 g/mol. The average Bonchev–Trinajstić information content (AvgIpc) is 3.66. The highest BCUT2D eigenvalue weighted by molar-refractivity contribution is 5.95. The number of rotatable bonds is 5. The van der Waals surface area contributed by atoms with Crippen LogP contribution in [0.2, 0.25) is 0 Å². The molecule has 1 aromatic rings. The topological polar surface area (TPSA) is 86.2 Å². The first-order chi connectivity index (χ1) is 17.0. The molecule has 1 aromatic heterocycles. The third kappa shape index (κ3) is 4.70. The Hall–Kier alpha value is -3.55. The molecule has 1 N–H and O–H groups in total. The van der Waals surface area contributed by atoms with Crippen molar-refractivity contribution in [3.8, 4) is 0 Å². The highest BCUT2D eigenvalue weighted by Crippen LogP contribution is 2.40. The minimum absolute atomic E-state index is 0.0592. The van der Waals surface area contributed by atoms with Crippen LogP contribution in [0.1, 0.15) is 43.5 Å². The smallest absolute Gasteiger partial charge is 0.416 e. The summed E-state index contributed by atoms with van der Waals surface area (Å²) in [7, 11) is 0. The van der Waals surface area contributed by atoms with Gasteiger partial charge in [-0.3, -0.25) is 9.69 Å². The van der Waals surface area contributed by atoms with Crippen molar-refractivity contribution in [3.05, 3.63) is 70.8 Å². The second-order valence-corrected chi connectivity index (χ2v) is 9.68. The molecule has 184 valence electrons. The fourth-order valence-electron chi connectivity index (χ4n) is 5.21. The van der Waals surface area contributed by atoms with E-state index in [0.29, 0.717) is 24.5 Å². The highest BCUT2D eigenvalue weighted by atomic mass is 16.6. The molecule has 5 rings (SSSR count). The number of pyridine rings is 1. The van der Waals surface area contributed by atoms with Crippen molar-refractivity contribution in [2.24, 2.45) is 5.92 Å². The predicted molar refractivity (Wildman–Crippen MR) is 133 cm³/mol. The Bertz CT molecular complexity index is 1120. The van der Waals surface area contributed by atoms with Gasteiger partial charge in [0, 0.05) is 38.1 Å². The second kappa shape index (κ2) is 9.60. The fourth-order valence-corrected chi connectivity index (χ4v) is 5.21. The second-order valence-electron chi connectivity index (χ2n) is 9.68. The fraction of sp³-hybridized carbons (Fsp3) is 0.444. The van der Waals surface area contributed by atoms with Crippen molar-refractivity contribution in [3.63, 3.8) is 0 Å². The van der Waals surface area contributed by atoms with E-state index in [1.165, 1.54) is 52.4 Å². The molecule has 2 aliphatic carbocycles. The van der Waals surface area contributed by atoms with E-state index in [0.717, 1.165) is 31.7 Å². The molecule has 1 saturated carbocycles.